The number of halogens is 2. The van der Waals surface area contributed by atoms with Gasteiger partial charge in [-0.05, 0) is 19.3 Å². The molecule has 9 heteroatoms. The van der Waals surface area contributed by atoms with Crippen LogP contribution in [0.4, 0.5) is 9.59 Å². The van der Waals surface area contributed by atoms with E-state index >= 15 is 0 Å². The van der Waals surface area contributed by atoms with Gasteiger partial charge in [0.15, 0.2) is 0 Å². The van der Waals surface area contributed by atoms with Crippen LogP contribution in [0.3, 0.4) is 0 Å². The van der Waals surface area contributed by atoms with Crippen molar-refractivity contribution in [1.29, 1.82) is 0 Å². The highest BCUT2D eigenvalue weighted by atomic mass is 35.5. The molecular weight excluding hydrogens is 331 g/mol. The second kappa shape index (κ2) is 9.05. The normalized spacial score (nSPS) is 24.9. The maximum absolute atomic E-state index is 12.1. The van der Waals surface area contributed by atoms with Crippen LogP contribution in [0.15, 0.2) is 4.99 Å². The van der Waals surface area contributed by atoms with Gasteiger partial charge in [-0.25, -0.2) is 9.59 Å². The third-order valence-electron chi connectivity index (χ3n) is 3.35. The fourth-order valence-corrected chi connectivity index (χ4v) is 2.80. The molecule has 126 valence electrons. The monoisotopic (exact) mass is 352 g/mol. The summed E-state index contributed by atoms with van der Waals surface area (Å²) in [6.07, 6.45) is 3.23. The van der Waals surface area contributed by atoms with Gasteiger partial charge in [0.1, 0.15) is 0 Å². The predicted octanol–water partition coefficient (Wildman–Crippen LogP) is 2.08. The molecule has 3 amide bonds. The summed E-state index contributed by atoms with van der Waals surface area (Å²) in [7, 11) is 4.58. The highest BCUT2D eigenvalue weighted by Gasteiger charge is 2.32. The van der Waals surface area contributed by atoms with E-state index in [4.69, 9.17) is 23.2 Å². The zero-order valence-electron chi connectivity index (χ0n) is 13.0. The highest BCUT2D eigenvalue weighted by Crippen LogP contribution is 2.27. The van der Waals surface area contributed by atoms with Crippen molar-refractivity contribution in [3.8, 4) is 0 Å². The Balaban J connectivity index is 2.44. The average Bonchev–Trinajstić information content (AvgIpc) is 2.49. The van der Waals surface area contributed by atoms with Crippen LogP contribution in [0.25, 0.3) is 0 Å². The minimum Gasteiger partial charge on any atom is -0.451 e. The lowest BCUT2D eigenvalue weighted by molar-refractivity contribution is 0.181. The largest absolute Gasteiger partial charge is 0.451 e. The molecule has 1 aliphatic carbocycles. The zero-order valence-corrected chi connectivity index (χ0v) is 14.5. The molecule has 3 unspecified atom stereocenters. The van der Waals surface area contributed by atoms with E-state index in [0.29, 0.717) is 0 Å². The first-order chi connectivity index (χ1) is 10.3. The Hall–Kier alpha value is -1.21. The topological polar surface area (TPSA) is 74.2 Å². The smallest absolute Gasteiger partial charge is 0.434 e. The molecule has 0 aromatic carbocycles. The predicted molar refractivity (Wildman–Crippen MR) is 86.7 cm³/mol. The summed E-state index contributed by atoms with van der Waals surface area (Å²) in [5, 5.41) is 2.49. The molecule has 3 atom stereocenters. The molecule has 1 saturated carbocycles. The number of nitrogens with zero attached hydrogens (tertiary/aromatic N) is 3. The summed E-state index contributed by atoms with van der Waals surface area (Å²) in [5.74, 6) is 0. The number of rotatable bonds is 4. The van der Waals surface area contributed by atoms with Crippen LogP contribution in [0.2, 0.25) is 0 Å². The maximum atomic E-state index is 12.1. The van der Waals surface area contributed by atoms with Crippen molar-refractivity contribution in [3.05, 3.63) is 0 Å². The molecule has 1 rings (SSSR count). The maximum Gasteiger partial charge on any atom is 0.434 e. The summed E-state index contributed by atoms with van der Waals surface area (Å²) >= 11 is 12.4. The number of aliphatic imine (C=N–C) groups is 1. The van der Waals surface area contributed by atoms with Crippen LogP contribution in [0.1, 0.15) is 19.3 Å². The molecule has 22 heavy (non-hydrogen) atoms. The van der Waals surface area contributed by atoms with Gasteiger partial charge in [0, 0.05) is 20.1 Å². The van der Waals surface area contributed by atoms with Crippen molar-refractivity contribution in [2.75, 3.05) is 27.9 Å². The summed E-state index contributed by atoms with van der Waals surface area (Å²) in [4.78, 5) is 29.6. The van der Waals surface area contributed by atoms with Crippen LogP contribution in [-0.2, 0) is 4.74 Å². The van der Waals surface area contributed by atoms with E-state index in [1.165, 1.54) is 18.3 Å². The summed E-state index contributed by atoms with van der Waals surface area (Å²) in [6, 6.07) is -0.387. The number of hydrogen-bond acceptors (Lipinski definition) is 3. The van der Waals surface area contributed by atoms with Crippen LogP contribution < -0.4 is 5.32 Å². The van der Waals surface area contributed by atoms with Crippen molar-refractivity contribution in [2.24, 2.45) is 4.99 Å². The summed E-state index contributed by atoms with van der Waals surface area (Å²) in [6.45, 7) is 0.260. The molecule has 0 aromatic rings. The third-order valence-corrected chi connectivity index (χ3v) is 4.58. The van der Waals surface area contributed by atoms with Crippen molar-refractivity contribution >= 4 is 41.7 Å². The molecule has 0 radical (unpaired) electrons. The molecule has 0 saturated heterocycles. The third kappa shape index (κ3) is 5.88. The van der Waals surface area contributed by atoms with E-state index in [9.17, 15) is 9.59 Å². The van der Waals surface area contributed by atoms with Gasteiger partial charge < -0.3 is 19.9 Å². The quantitative estimate of drug-likeness (QED) is 0.363. The van der Waals surface area contributed by atoms with Gasteiger partial charge in [-0.3, -0.25) is 0 Å². The first-order valence-corrected chi connectivity index (χ1v) is 7.84. The summed E-state index contributed by atoms with van der Waals surface area (Å²) < 4.78 is 4.39. The van der Waals surface area contributed by atoms with Gasteiger partial charge in [0.25, 0.3) is 0 Å². The van der Waals surface area contributed by atoms with Gasteiger partial charge in [-0.15, -0.1) is 23.2 Å². The lowest BCUT2D eigenvalue weighted by atomic mass is 9.94. The van der Waals surface area contributed by atoms with Gasteiger partial charge in [0.05, 0.1) is 30.9 Å². The van der Waals surface area contributed by atoms with Gasteiger partial charge in [-0.2, -0.15) is 4.99 Å². The summed E-state index contributed by atoms with van der Waals surface area (Å²) in [5.41, 5.74) is 0. The fraction of sp³-hybridized carbons (Fsp3) is 0.769. The molecule has 0 aliphatic heterocycles. The van der Waals surface area contributed by atoms with Gasteiger partial charge in [-0.1, -0.05) is 0 Å². The SMILES string of the molecule is COC(=O)/N=C/N(C)CN(C)C(=O)NC1CCCC(Cl)C1Cl. The van der Waals surface area contributed by atoms with Crippen molar-refractivity contribution in [2.45, 2.75) is 36.1 Å². The number of alkyl halides is 2. The van der Waals surface area contributed by atoms with Crippen LogP contribution in [0, 0.1) is 0 Å². The molecular formula is C13H22Cl2N4O3. The van der Waals surface area contributed by atoms with E-state index in [2.05, 4.69) is 15.0 Å². The van der Waals surface area contributed by atoms with E-state index < -0.39 is 6.09 Å². The highest BCUT2D eigenvalue weighted by molar-refractivity contribution is 6.30. The first kappa shape index (κ1) is 18.8. The van der Waals surface area contributed by atoms with Gasteiger partial charge in [0.2, 0.25) is 0 Å². The lowest BCUT2D eigenvalue weighted by Gasteiger charge is -2.33. The van der Waals surface area contributed by atoms with Crippen molar-refractivity contribution < 1.29 is 14.3 Å². The molecule has 0 aromatic heterocycles. The Labute approximate surface area is 140 Å². The molecule has 1 fully saturated rings. The van der Waals surface area contributed by atoms with E-state index in [1.807, 2.05) is 0 Å². The van der Waals surface area contributed by atoms with Gasteiger partial charge >= 0.3 is 12.1 Å². The Morgan fingerprint density at radius 1 is 1.36 bits per heavy atom. The van der Waals surface area contributed by atoms with E-state index in [-0.39, 0.29) is 29.5 Å². The Bertz CT molecular complexity index is 422. The second-order valence-electron chi connectivity index (χ2n) is 5.26. The molecule has 0 spiro atoms. The molecule has 0 bridgehead atoms. The minimum atomic E-state index is -0.695. The number of hydrogen-bond donors (Lipinski definition) is 1. The van der Waals surface area contributed by atoms with E-state index in [0.717, 1.165) is 19.3 Å². The Kier molecular flexibility index (Phi) is 7.75. The number of amides is 3. The van der Waals surface area contributed by atoms with Crippen molar-refractivity contribution in [1.82, 2.24) is 15.1 Å². The van der Waals surface area contributed by atoms with Crippen molar-refractivity contribution in [3.63, 3.8) is 0 Å². The standard InChI is InChI=1S/C13H22Cl2N4O3/c1-18(7-16-13(21)22-3)8-19(2)12(20)17-10-6-4-5-9(14)11(10)15/h7,9-11H,4-6,8H2,1-3H3,(H,17,20)/b16-7+. The van der Waals surface area contributed by atoms with Crippen LogP contribution >= 0.6 is 23.2 Å². The number of urea groups is 1. The Morgan fingerprint density at radius 2 is 2.05 bits per heavy atom. The van der Waals surface area contributed by atoms with E-state index in [1.54, 1.807) is 19.0 Å². The first-order valence-electron chi connectivity index (χ1n) is 6.97. The number of methoxy groups -OCH3 is 1. The number of carbonyl (C=O) groups excluding carboxylic acids is 2. The lowest BCUT2D eigenvalue weighted by Crippen LogP contribution is -2.52. The molecule has 7 nitrogen and oxygen atoms in total. The number of carbonyl (C=O) groups is 2. The molecule has 0 heterocycles. The number of nitrogens with one attached hydrogen (secondary N) is 1. The second-order valence-corrected chi connectivity index (χ2v) is 6.32. The zero-order chi connectivity index (χ0) is 16.7. The average molecular weight is 353 g/mol. The molecule has 1 aliphatic rings. The minimum absolute atomic E-state index is 0.124. The number of ether oxygens (including phenoxy) is 1. The fourth-order valence-electron chi connectivity index (χ4n) is 2.16. The van der Waals surface area contributed by atoms with Crippen LogP contribution in [-0.4, -0.2) is 72.9 Å². The molecule has 1 N–H and O–H groups in total. The van der Waals surface area contributed by atoms with Crippen LogP contribution in [0.5, 0.6) is 0 Å². The Morgan fingerprint density at radius 3 is 2.68 bits per heavy atom.